The van der Waals surface area contributed by atoms with Crippen LogP contribution >= 0.6 is 11.3 Å². The molecule has 1 heterocycles. The summed E-state index contributed by atoms with van der Waals surface area (Å²) in [7, 11) is 1.75. The minimum absolute atomic E-state index is 0.0815. The summed E-state index contributed by atoms with van der Waals surface area (Å²) in [5.74, 6) is -0.483. The van der Waals surface area contributed by atoms with Crippen LogP contribution in [0.3, 0.4) is 0 Å². The van der Waals surface area contributed by atoms with Gasteiger partial charge in [0.2, 0.25) is 0 Å². The number of rotatable bonds is 6. The molecule has 1 amide bonds. The number of likely N-dealkylation sites (N-methyl/N-ethyl adjacent to an activating group) is 1. The zero-order valence-electron chi connectivity index (χ0n) is 8.63. The van der Waals surface area contributed by atoms with Crippen molar-refractivity contribution < 1.29 is 18.3 Å². The summed E-state index contributed by atoms with van der Waals surface area (Å²) in [5, 5.41) is 6.97. The summed E-state index contributed by atoms with van der Waals surface area (Å²) in [5.41, 5.74) is 0. The van der Waals surface area contributed by atoms with Crippen LogP contribution in [0.15, 0.2) is 11.4 Å². The molecule has 16 heavy (non-hydrogen) atoms. The van der Waals surface area contributed by atoms with Crippen molar-refractivity contribution in [1.29, 1.82) is 0 Å². The number of thiophene rings is 1. The fourth-order valence-corrected chi connectivity index (χ4v) is 1.77. The number of amides is 1. The normalized spacial score (nSPS) is 10.5. The molecular weight excluding hydrogens is 238 g/mol. The molecule has 1 rings (SSSR count). The van der Waals surface area contributed by atoms with Gasteiger partial charge in [0.05, 0.1) is 0 Å². The lowest BCUT2D eigenvalue weighted by Crippen LogP contribution is -2.30. The average Bonchev–Trinajstić information content (AvgIpc) is 2.65. The quantitative estimate of drug-likeness (QED) is 0.748. The fourth-order valence-electron chi connectivity index (χ4n) is 1.03. The van der Waals surface area contributed by atoms with Crippen LogP contribution in [0.5, 0.6) is 5.75 Å². The lowest BCUT2D eigenvalue weighted by Gasteiger charge is -2.06. The summed E-state index contributed by atoms with van der Waals surface area (Å²) in [6.07, 6.45) is 0. The number of carbonyl (C=O) groups is 1. The summed E-state index contributed by atoms with van der Waals surface area (Å²) in [6.45, 7) is -1.87. The van der Waals surface area contributed by atoms with E-state index >= 15 is 0 Å². The molecule has 1 aromatic rings. The van der Waals surface area contributed by atoms with Gasteiger partial charge in [0.15, 0.2) is 0 Å². The van der Waals surface area contributed by atoms with E-state index in [-0.39, 0.29) is 10.6 Å². The van der Waals surface area contributed by atoms with Crippen LogP contribution in [-0.4, -0.2) is 32.7 Å². The molecule has 0 radical (unpaired) electrons. The lowest BCUT2D eigenvalue weighted by molar-refractivity contribution is -0.0498. The van der Waals surface area contributed by atoms with E-state index in [0.29, 0.717) is 13.1 Å². The SMILES string of the molecule is CNCCNC(=O)c1sccc1OC(F)F. The molecule has 1 aromatic heterocycles. The first-order chi connectivity index (χ1) is 7.65. The number of nitrogens with one attached hydrogen (secondary N) is 2. The molecule has 0 fully saturated rings. The highest BCUT2D eigenvalue weighted by atomic mass is 32.1. The van der Waals surface area contributed by atoms with E-state index in [0.717, 1.165) is 11.3 Å². The summed E-state index contributed by atoms with van der Waals surface area (Å²) in [6, 6.07) is 1.35. The Morgan fingerprint density at radius 2 is 2.31 bits per heavy atom. The molecule has 2 N–H and O–H groups in total. The van der Waals surface area contributed by atoms with Crippen molar-refractivity contribution in [2.24, 2.45) is 0 Å². The number of alkyl halides is 2. The Morgan fingerprint density at radius 1 is 1.56 bits per heavy atom. The summed E-state index contributed by atoms with van der Waals surface area (Å²) in [4.78, 5) is 11.7. The highest BCUT2D eigenvalue weighted by Crippen LogP contribution is 2.26. The Labute approximate surface area is 95.6 Å². The zero-order chi connectivity index (χ0) is 12.0. The maximum atomic E-state index is 12.0. The minimum atomic E-state index is -2.92. The Balaban J connectivity index is 2.57. The lowest BCUT2D eigenvalue weighted by atomic mass is 10.4. The zero-order valence-corrected chi connectivity index (χ0v) is 9.44. The van der Waals surface area contributed by atoms with Crippen LogP contribution in [0.1, 0.15) is 9.67 Å². The van der Waals surface area contributed by atoms with E-state index in [1.54, 1.807) is 7.05 Å². The molecule has 0 aliphatic heterocycles. The largest absolute Gasteiger partial charge is 0.433 e. The standard InChI is InChI=1S/C9H12F2N2O2S/c1-12-3-4-13-8(14)7-6(2-5-16-7)15-9(10)11/h2,5,9,12H,3-4H2,1H3,(H,13,14). The first-order valence-corrected chi connectivity index (χ1v) is 5.48. The molecule has 0 aromatic carbocycles. The van der Waals surface area contributed by atoms with Crippen molar-refractivity contribution in [3.05, 3.63) is 16.3 Å². The Bertz CT molecular complexity index is 344. The Morgan fingerprint density at radius 3 is 2.94 bits per heavy atom. The average molecular weight is 250 g/mol. The van der Waals surface area contributed by atoms with Crippen LogP contribution < -0.4 is 15.4 Å². The van der Waals surface area contributed by atoms with E-state index < -0.39 is 12.5 Å². The maximum Gasteiger partial charge on any atom is 0.387 e. The van der Waals surface area contributed by atoms with E-state index in [1.807, 2.05) is 0 Å². The van der Waals surface area contributed by atoms with Crippen LogP contribution in [0.25, 0.3) is 0 Å². The highest BCUT2D eigenvalue weighted by molar-refractivity contribution is 7.12. The first-order valence-electron chi connectivity index (χ1n) is 4.60. The second kappa shape index (κ2) is 6.39. The van der Waals surface area contributed by atoms with Gasteiger partial charge in [-0.3, -0.25) is 4.79 Å². The molecule has 4 nitrogen and oxygen atoms in total. The van der Waals surface area contributed by atoms with Crippen molar-refractivity contribution in [3.63, 3.8) is 0 Å². The van der Waals surface area contributed by atoms with Gasteiger partial charge in [0.25, 0.3) is 5.91 Å². The van der Waals surface area contributed by atoms with E-state index in [2.05, 4.69) is 15.4 Å². The van der Waals surface area contributed by atoms with Crippen LogP contribution in [0.4, 0.5) is 8.78 Å². The van der Waals surface area contributed by atoms with Crippen LogP contribution in [0.2, 0.25) is 0 Å². The third kappa shape index (κ3) is 3.74. The summed E-state index contributed by atoms with van der Waals surface area (Å²) < 4.78 is 28.2. The van der Waals surface area contributed by atoms with Gasteiger partial charge in [-0.05, 0) is 18.5 Å². The number of ether oxygens (including phenoxy) is 1. The van der Waals surface area contributed by atoms with Crippen molar-refractivity contribution in [2.75, 3.05) is 20.1 Å². The highest BCUT2D eigenvalue weighted by Gasteiger charge is 2.16. The topological polar surface area (TPSA) is 50.4 Å². The van der Waals surface area contributed by atoms with Gasteiger partial charge in [-0.25, -0.2) is 0 Å². The molecule has 0 aliphatic rings. The van der Waals surface area contributed by atoms with Gasteiger partial charge in [0, 0.05) is 13.1 Å². The van der Waals surface area contributed by atoms with E-state index in [4.69, 9.17) is 0 Å². The minimum Gasteiger partial charge on any atom is -0.433 e. The molecule has 0 saturated heterocycles. The predicted molar refractivity (Wildman–Crippen MR) is 57.2 cm³/mol. The molecule has 0 atom stereocenters. The van der Waals surface area contributed by atoms with Gasteiger partial charge in [-0.1, -0.05) is 0 Å². The van der Waals surface area contributed by atoms with Gasteiger partial charge >= 0.3 is 6.61 Å². The van der Waals surface area contributed by atoms with E-state index in [9.17, 15) is 13.6 Å². The molecule has 0 bridgehead atoms. The first kappa shape index (κ1) is 12.9. The van der Waals surface area contributed by atoms with Gasteiger partial charge < -0.3 is 15.4 Å². The monoisotopic (exact) mass is 250 g/mol. The van der Waals surface area contributed by atoms with Crippen molar-refractivity contribution in [1.82, 2.24) is 10.6 Å². The van der Waals surface area contributed by atoms with Gasteiger partial charge in [-0.15, -0.1) is 11.3 Å². The number of carbonyl (C=O) groups excluding carboxylic acids is 1. The fraction of sp³-hybridized carbons (Fsp3) is 0.444. The van der Waals surface area contributed by atoms with Crippen LogP contribution in [0, 0.1) is 0 Å². The number of hydrogen-bond donors (Lipinski definition) is 2. The molecule has 90 valence electrons. The predicted octanol–water partition coefficient (Wildman–Crippen LogP) is 1.30. The van der Waals surface area contributed by atoms with Crippen molar-refractivity contribution in [3.8, 4) is 5.75 Å². The third-order valence-electron chi connectivity index (χ3n) is 1.71. The van der Waals surface area contributed by atoms with Crippen molar-refractivity contribution in [2.45, 2.75) is 6.61 Å². The summed E-state index contributed by atoms with van der Waals surface area (Å²) >= 11 is 1.07. The Hall–Kier alpha value is -1.21. The molecule has 7 heteroatoms. The number of halogens is 2. The maximum absolute atomic E-state index is 12.0. The molecular formula is C9H12F2N2O2S. The van der Waals surface area contributed by atoms with Gasteiger partial charge in [-0.2, -0.15) is 8.78 Å². The van der Waals surface area contributed by atoms with Gasteiger partial charge in [0.1, 0.15) is 10.6 Å². The van der Waals surface area contributed by atoms with Crippen molar-refractivity contribution >= 4 is 17.2 Å². The second-order valence-corrected chi connectivity index (χ2v) is 3.77. The van der Waals surface area contributed by atoms with E-state index in [1.165, 1.54) is 11.4 Å². The smallest absolute Gasteiger partial charge is 0.387 e. The molecule has 0 spiro atoms. The molecule has 0 unspecified atom stereocenters. The van der Waals surface area contributed by atoms with Crippen LogP contribution in [-0.2, 0) is 0 Å². The third-order valence-corrected chi connectivity index (χ3v) is 2.61. The molecule has 0 aliphatic carbocycles. The molecule has 0 saturated carbocycles. The Kier molecular flexibility index (Phi) is 5.13. The second-order valence-electron chi connectivity index (χ2n) is 2.85. The number of hydrogen-bond acceptors (Lipinski definition) is 4.